The van der Waals surface area contributed by atoms with Crippen LogP contribution < -0.4 is 44.9 Å². The van der Waals surface area contributed by atoms with E-state index in [0.717, 1.165) is 30.4 Å². The topological polar surface area (TPSA) is 192 Å². The fourth-order valence-electron chi connectivity index (χ4n) is 8.73. The first-order valence-corrected chi connectivity index (χ1v) is 25.1. The molecular formula is C53H69N4NaO8S. The number of carbonyl (C=O) groups excluding carboxylic acids is 1. The zero-order valence-electron chi connectivity index (χ0n) is 40.4. The Morgan fingerprint density at radius 3 is 1.90 bits per heavy atom. The van der Waals surface area contributed by atoms with E-state index in [0.29, 0.717) is 23.0 Å². The minimum Gasteiger partial charge on any atom is -0.872 e. The Morgan fingerprint density at radius 1 is 0.791 bits per heavy atom. The van der Waals surface area contributed by atoms with Gasteiger partial charge in [0.25, 0.3) is 16.0 Å². The van der Waals surface area contributed by atoms with Crippen LogP contribution in [0.4, 0.5) is 17.1 Å². The van der Waals surface area contributed by atoms with Gasteiger partial charge in [0.2, 0.25) is 0 Å². The number of carbonyl (C=O) groups is 2. The second kappa shape index (κ2) is 25.7. The predicted octanol–water partition coefficient (Wildman–Crippen LogP) is 10.2. The molecule has 0 spiro atoms. The number of amides is 1. The Morgan fingerprint density at radius 2 is 1.34 bits per heavy atom. The summed E-state index contributed by atoms with van der Waals surface area (Å²) in [6.45, 7) is 8.40. The van der Waals surface area contributed by atoms with Gasteiger partial charge in [-0.15, -0.1) is 5.75 Å². The number of nitrogens with zero attached hydrogens (tertiary/aromatic N) is 3. The number of carboxylic acid groups (broad SMARTS) is 1. The Hall–Kier alpha value is -4.53. The smallest absolute Gasteiger partial charge is 0.872 e. The SMILES string of the molecule is CCCCCCCCCCCCCCCCCCN(C)c1ccc(S(=O)(=O)O)cc1NC(=O)c1cc(N=NC2=CC=C(C(C)(C)c3ccc([O-])cc3)CC2(C)C(=O)O)c2ccccc2c1O.[Na+]. The van der Waals surface area contributed by atoms with Crippen molar-refractivity contribution in [3.05, 3.63) is 107 Å². The van der Waals surface area contributed by atoms with Crippen LogP contribution in [0.15, 0.2) is 111 Å². The number of azo groups is 1. The number of allylic oxidation sites excluding steroid dienone is 3. The van der Waals surface area contributed by atoms with Crippen LogP contribution in [-0.4, -0.2) is 48.7 Å². The van der Waals surface area contributed by atoms with Gasteiger partial charge in [0.1, 0.15) is 11.2 Å². The van der Waals surface area contributed by atoms with Crippen LogP contribution >= 0.6 is 0 Å². The van der Waals surface area contributed by atoms with Crippen molar-refractivity contribution in [1.82, 2.24) is 0 Å². The Bertz CT molecular complexity index is 2500. The van der Waals surface area contributed by atoms with Crippen molar-refractivity contribution >= 4 is 49.8 Å². The molecule has 1 aliphatic rings. The van der Waals surface area contributed by atoms with Gasteiger partial charge in [-0.05, 0) is 55.7 Å². The zero-order chi connectivity index (χ0) is 47.9. The number of fused-ring (bicyclic) bond motifs is 1. The first kappa shape index (κ1) is 55.1. The Labute approximate surface area is 420 Å². The van der Waals surface area contributed by atoms with E-state index in [1.54, 1.807) is 49.4 Å². The van der Waals surface area contributed by atoms with Gasteiger partial charge in [0, 0.05) is 29.8 Å². The Kier molecular flexibility index (Phi) is 21.1. The van der Waals surface area contributed by atoms with Gasteiger partial charge in [0.05, 0.1) is 33.2 Å². The second-order valence-corrected chi connectivity index (χ2v) is 20.0. The van der Waals surface area contributed by atoms with Crippen LogP contribution in [0.2, 0.25) is 0 Å². The molecule has 0 aliphatic heterocycles. The molecule has 1 aliphatic carbocycles. The number of aliphatic carboxylic acids is 1. The molecule has 0 radical (unpaired) electrons. The van der Waals surface area contributed by atoms with Crippen LogP contribution in [0.1, 0.15) is 153 Å². The monoisotopic (exact) mass is 944 g/mol. The first-order valence-electron chi connectivity index (χ1n) is 23.7. The van der Waals surface area contributed by atoms with E-state index >= 15 is 0 Å². The van der Waals surface area contributed by atoms with Crippen LogP contribution in [0.3, 0.4) is 0 Å². The van der Waals surface area contributed by atoms with Crippen molar-refractivity contribution in [3.63, 3.8) is 0 Å². The fraction of sp³-hybridized carbons (Fsp3) is 0.472. The standard InChI is InChI=1S/C53H70N4O8S.Na/c1-6-7-8-9-10-11-12-13-14-15-16-17-18-19-20-23-34-57(5)47-32-31-41(66(63,64)65)35-46(47)54-50(60)44-36-45(42-24-21-22-25-43(42)49(44)59)55-56-48-33-28-39(37-53(48,4)51(61)62)52(2,3)38-26-29-40(58)30-27-38;/h21-22,24-33,35-36,58-59H,6-20,23,34,37H2,1-5H3,(H,54,60)(H,61,62)(H,63,64,65);/q;+1/p-1. The maximum atomic E-state index is 14.2. The summed E-state index contributed by atoms with van der Waals surface area (Å²) >= 11 is 0. The van der Waals surface area contributed by atoms with E-state index in [2.05, 4.69) is 22.5 Å². The summed E-state index contributed by atoms with van der Waals surface area (Å²) in [5, 5.41) is 46.3. The number of phenols is 1. The molecule has 0 heterocycles. The minimum atomic E-state index is -4.63. The first-order chi connectivity index (χ1) is 31.5. The molecule has 14 heteroatoms. The molecule has 5 rings (SSSR count). The summed E-state index contributed by atoms with van der Waals surface area (Å²) in [4.78, 5) is 28.6. The number of aromatic hydroxyl groups is 1. The van der Waals surface area contributed by atoms with E-state index < -0.39 is 37.7 Å². The Balaban J connectivity index is 0.00000980. The molecule has 0 saturated carbocycles. The zero-order valence-corrected chi connectivity index (χ0v) is 43.3. The van der Waals surface area contributed by atoms with Gasteiger partial charge in [-0.25, -0.2) is 0 Å². The van der Waals surface area contributed by atoms with Crippen molar-refractivity contribution in [3.8, 4) is 11.5 Å². The van der Waals surface area contributed by atoms with Crippen molar-refractivity contribution < 1.29 is 67.4 Å². The quantitative estimate of drug-likeness (QED) is 0.0205. The molecule has 356 valence electrons. The third kappa shape index (κ3) is 15.0. The molecule has 0 bridgehead atoms. The fourth-order valence-corrected chi connectivity index (χ4v) is 9.24. The molecule has 12 nitrogen and oxygen atoms in total. The number of phenolic OH excluding ortho intramolecular Hbond substituents is 1. The van der Waals surface area contributed by atoms with E-state index in [1.807, 2.05) is 31.9 Å². The number of nitrogens with one attached hydrogen (secondary N) is 1. The molecule has 1 unspecified atom stereocenters. The average molecular weight is 945 g/mol. The van der Waals surface area contributed by atoms with Crippen molar-refractivity contribution in [2.45, 2.75) is 147 Å². The van der Waals surface area contributed by atoms with Gasteiger partial charge < -0.3 is 25.5 Å². The maximum Gasteiger partial charge on any atom is 1.00 e. The minimum absolute atomic E-state index is 0. The molecule has 4 N–H and O–H groups in total. The van der Waals surface area contributed by atoms with E-state index in [4.69, 9.17) is 0 Å². The van der Waals surface area contributed by atoms with E-state index in [1.165, 1.54) is 120 Å². The summed E-state index contributed by atoms with van der Waals surface area (Å²) in [5.74, 6) is -2.34. The number of unbranched alkanes of at least 4 members (excludes halogenated alkanes) is 15. The molecule has 0 fully saturated rings. The molecule has 0 aromatic heterocycles. The van der Waals surface area contributed by atoms with Crippen LogP contribution in [0.25, 0.3) is 10.8 Å². The summed E-state index contributed by atoms with van der Waals surface area (Å²) in [5.41, 5.74) is 0.415. The molecule has 1 amide bonds. The number of carboxylic acids is 1. The molecule has 1 atom stereocenters. The summed E-state index contributed by atoms with van der Waals surface area (Å²) < 4.78 is 34.4. The van der Waals surface area contributed by atoms with E-state index in [9.17, 15) is 37.9 Å². The second-order valence-electron chi connectivity index (χ2n) is 18.6. The van der Waals surface area contributed by atoms with Crippen LogP contribution in [0, 0.1) is 5.41 Å². The van der Waals surface area contributed by atoms with Crippen molar-refractivity contribution in [1.29, 1.82) is 0 Å². The number of hydrogen-bond donors (Lipinski definition) is 4. The third-order valence-electron chi connectivity index (χ3n) is 13.2. The number of benzene rings is 4. The van der Waals surface area contributed by atoms with Gasteiger partial charge >= 0.3 is 35.5 Å². The number of hydrogen-bond acceptors (Lipinski definition) is 9. The normalized spacial score (nSPS) is 15.3. The maximum absolute atomic E-state index is 14.2. The van der Waals surface area contributed by atoms with E-state index in [-0.39, 0.29) is 70.1 Å². The molecule has 67 heavy (non-hydrogen) atoms. The summed E-state index contributed by atoms with van der Waals surface area (Å²) in [6.07, 6.45) is 23.7. The summed E-state index contributed by atoms with van der Waals surface area (Å²) in [6, 6.07) is 18.6. The van der Waals surface area contributed by atoms with Gasteiger partial charge in [-0.2, -0.15) is 18.6 Å². The molecule has 4 aromatic carbocycles. The van der Waals surface area contributed by atoms with Crippen LogP contribution in [-0.2, 0) is 20.3 Å². The average Bonchev–Trinajstić information content (AvgIpc) is 3.28. The van der Waals surface area contributed by atoms with Gasteiger partial charge in [-0.3, -0.25) is 14.1 Å². The number of anilines is 2. The summed E-state index contributed by atoms with van der Waals surface area (Å²) in [7, 11) is -2.78. The predicted molar refractivity (Wildman–Crippen MR) is 263 cm³/mol. The van der Waals surface area contributed by atoms with Crippen LogP contribution in [0.5, 0.6) is 11.5 Å². The van der Waals surface area contributed by atoms with Gasteiger partial charge in [0.15, 0.2) is 0 Å². The molecular weight excluding hydrogens is 876 g/mol. The van der Waals surface area contributed by atoms with Crippen molar-refractivity contribution in [2.24, 2.45) is 15.6 Å². The molecule has 4 aromatic rings. The largest absolute Gasteiger partial charge is 1.00 e. The number of rotatable bonds is 26. The molecule has 0 saturated heterocycles. The van der Waals surface area contributed by atoms with Crippen molar-refractivity contribution in [2.75, 3.05) is 23.8 Å². The third-order valence-corrected chi connectivity index (χ3v) is 14.0. The van der Waals surface area contributed by atoms with Gasteiger partial charge in [-0.1, -0.05) is 177 Å².